The predicted octanol–water partition coefficient (Wildman–Crippen LogP) is 3.13. The van der Waals surface area contributed by atoms with Gasteiger partial charge in [-0.15, -0.1) is 11.8 Å². The van der Waals surface area contributed by atoms with Crippen molar-refractivity contribution < 1.29 is 9.90 Å². The molecule has 2 aromatic rings. The van der Waals surface area contributed by atoms with Crippen molar-refractivity contribution in [1.82, 2.24) is 0 Å². The SMILES string of the molecule is N#Cc1ccc(N2CC[C@@H](SC[C@H](O)c3ccccc3)C2=O)cc1. The van der Waals surface area contributed by atoms with E-state index in [1.165, 1.54) is 11.8 Å². The number of aliphatic hydroxyl groups is 1. The minimum atomic E-state index is -0.562. The molecule has 3 rings (SSSR count). The number of nitriles is 1. The average molecular weight is 338 g/mol. The van der Waals surface area contributed by atoms with Crippen LogP contribution in [0.15, 0.2) is 54.6 Å². The van der Waals surface area contributed by atoms with Crippen molar-refractivity contribution in [3.8, 4) is 6.07 Å². The molecule has 2 atom stereocenters. The highest BCUT2D eigenvalue weighted by atomic mass is 32.2. The molecule has 1 aliphatic rings. The number of hydrogen-bond acceptors (Lipinski definition) is 4. The fourth-order valence-corrected chi connectivity index (χ4v) is 3.91. The first-order chi connectivity index (χ1) is 11.7. The molecule has 0 radical (unpaired) electrons. The van der Waals surface area contributed by atoms with Crippen molar-refractivity contribution in [3.63, 3.8) is 0 Å². The number of aliphatic hydroxyl groups excluding tert-OH is 1. The van der Waals surface area contributed by atoms with E-state index in [1.807, 2.05) is 42.5 Å². The van der Waals surface area contributed by atoms with Crippen LogP contribution in [-0.4, -0.2) is 28.6 Å². The maximum Gasteiger partial charge on any atom is 0.240 e. The lowest BCUT2D eigenvalue weighted by Gasteiger charge is -2.17. The molecule has 24 heavy (non-hydrogen) atoms. The molecule has 1 amide bonds. The van der Waals surface area contributed by atoms with E-state index in [-0.39, 0.29) is 11.2 Å². The highest BCUT2D eigenvalue weighted by Gasteiger charge is 2.33. The Bertz CT molecular complexity index is 740. The number of thioether (sulfide) groups is 1. The van der Waals surface area contributed by atoms with Crippen LogP contribution in [0.25, 0.3) is 0 Å². The Labute approximate surface area is 145 Å². The molecule has 0 unspecified atom stereocenters. The van der Waals surface area contributed by atoms with Crippen molar-refractivity contribution >= 4 is 23.4 Å². The van der Waals surface area contributed by atoms with Crippen LogP contribution in [0, 0.1) is 11.3 Å². The van der Waals surface area contributed by atoms with E-state index < -0.39 is 6.10 Å². The number of hydrogen-bond donors (Lipinski definition) is 1. The predicted molar refractivity (Wildman–Crippen MR) is 95.8 cm³/mol. The summed E-state index contributed by atoms with van der Waals surface area (Å²) in [5, 5.41) is 19.0. The summed E-state index contributed by atoms with van der Waals surface area (Å²) in [5.74, 6) is 0.576. The summed E-state index contributed by atoms with van der Waals surface area (Å²) >= 11 is 1.51. The first kappa shape index (κ1) is 16.6. The van der Waals surface area contributed by atoms with Gasteiger partial charge in [-0.2, -0.15) is 5.26 Å². The van der Waals surface area contributed by atoms with Gasteiger partial charge in [0.15, 0.2) is 0 Å². The third-order valence-corrected chi connectivity index (χ3v) is 5.45. The van der Waals surface area contributed by atoms with Crippen molar-refractivity contribution in [2.24, 2.45) is 0 Å². The molecule has 0 spiro atoms. The van der Waals surface area contributed by atoms with E-state index in [4.69, 9.17) is 5.26 Å². The number of amides is 1. The summed E-state index contributed by atoms with van der Waals surface area (Å²) in [6.45, 7) is 0.670. The van der Waals surface area contributed by atoms with Crippen LogP contribution in [0.2, 0.25) is 0 Å². The third-order valence-electron chi connectivity index (χ3n) is 4.10. The molecule has 5 heteroatoms. The zero-order valence-electron chi connectivity index (χ0n) is 13.1. The minimum absolute atomic E-state index is 0.0740. The normalized spacial score (nSPS) is 18.4. The second-order valence-electron chi connectivity index (χ2n) is 5.69. The van der Waals surface area contributed by atoms with Gasteiger partial charge in [-0.3, -0.25) is 4.79 Å². The van der Waals surface area contributed by atoms with Crippen LogP contribution in [0.4, 0.5) is 5.69 Å². The molecule has 4 nitrogen and oxygen atoms in total. The lowest BCUT2D eigenvalue weighted by Crippen LogP contribution is -2.28. The number of carbonyl (C=O) groups excluding carboxylic acids is 1. The van der Waals surface area contributed by atoms with E-state index in [0.29, 0.717) is 17.9 Å². The van der Waals surface area contributed by atoms with E-state index in [0.717, 1.165) is 17.7 Å². The molecular weight excluding hydrogens is 320 g/mol. The van der Waals surface area contributed by atoms with Crippen molar-refractivity contribution in [1.29, 1.82) is 5.26 Å². The molecule has 122 valence electrons. The van der Waals surface area contributed by atoms with Crippen LogP contribution in [0.5, 0.6) is 0 Å². The first-order valence-electron chi connectivity index (χ1n) is 7.85. The largest absolute Gasteiger partial charge is 0.388 e. The molecule has 1 N–H and O–H groups in total. The fourth-order valence-electron chi connectivity index (χ4n) is 2.76. The Hall–Kier alpha value is -2.29. The van der Waals surface area contributed by atoms with Crippen LogP contribution in [-0.2, 0) is 4.79 Å². The summed E-state index contributed by atoms with van der Waals surface area (Å²) in [7, 11) is 0. The van der Waals surface area contributed by atoms with Gasteiger partial charge >= 0.3 is 0 Å². The second-order valence-corrected chi connectivity index (χ2v) is 6.92. The summed E-state index contributed by atoms with van der Waals surface area (Å²) in [6.07, 6.45) is 0.207. The molecule has 0 bridgehead atoms. The van der Waals surface area contributed by atoms with Gasteiger partial charge in [0.1, 0.15) is 0 Å². The molecule has 1 aliphatic heterocycles. The lowest BCUT2D eigenvalue weighted by atomic mass is 10.1. The summed E-state index contributed by atoms with van der Waals surface area (Å²) in [6, 6.07) is 18.6. The maximum absolute atomic E-state index is 12.6. The van der Waals surface area contributed by atoms with Crippen LogP contribution >= 0.6 is 11.8 Å². The van der Waals surface area contributed by atoms with Gasteiger partial charge in [0.25, 0.3) is 0 Å². The highest BCUT2D eigenvalue weighted by Crippen LogP contribution is 2.31. The first-order valence-corrected chi connectivity index (χ1v) is 8.90. The number of rotatable bonds is 5. The Morgan fingerprint density at radius 2 is 1.92 bits per heavy atom. The molecule has 1 fully saturated rings. The van der Waals surface area contributed by atoms with Gasteiger partial charge in [0.2, 0.25) is 5.91 Å². The molecule has 0 saturated carbocycles. The number of nitrogens with zero attached hydrogens (tertiary/aromatic N) is 2. The van der Waals surface area contributed by atoms with E-state index in [2.05, 4.69) is 6.07 Å². The molecular formula is C19H18N2O2S. The molecule has 1 heterocycles. The molecule has 2 aromatic carbocycles. The Morgan fingerprint density at radius 3 is 2.58 bits per heavy atom. The Morgan fingerprint density at radius 1 is 1.21 bits per heavy atom. The fraction of sp³-hybridized carbons (Fsp3) is 0.263. The van der Waals surface area contributed by atoms with Gasteiger partial charge in [-0.25, -0.2) is 0 Å². The van der Waals surface area contributed by atoms with Crippen molar-refractivity contribution in [2.45, 2.75) is 17.8 Å². The average Bonchev–Trinajstić information content (AvgIpc) is 3.01. The summed E-state index contributed by atoms with van der Waals surface area (Å²) in [4.78, 5) is 14.3. The smallest absolute Gasteiger partial charge is 0.240 e. The topological polar surface area (TPSA) is 64.3 Å². The van der Waals surface area contributed by atoms with Gasteiger partial charge in [-0.1, -0.05) is 30.3 Å². The van der Waals surface area contributed by atoms with Crippen molar-refractivity contribution in [3.05, 3.63) is 65.7 Å². The van der Waals surface area contributed by atoms with Gasteiger partial charge in [0.05, 0.1) is 23.0 Å². The van der Waals surface area contributed by atoms with E-state index in [1.54, 1.807) is 17.0 Å². The zero-order valence-corrected chi connectivity index (χ0v) is 13.9. The third kappa shape index (κ3) is 3.61. The van der Waals surface area contributed by atoms with Crippen LogP contribution < -0.4 is 4.90 Å². The molecule has 1 saturated heterocycles. The van der Waals surface area contributed by atoms with E-state index >= 15 is 0 Å². The maximum atomic E-state index is 12.6. The zero-order chi connectivity index (χ0) is 16.9. The highest BCUT2D eigenvalue weighted by molar-refractivity contribution is 8.00. The number of benzene rings is 2. The van der Waals surface area contributed by atoms with Crippen molar-refractivity contribution in [2.75, 3.05) is 17.2 Å². The standard InChI is InChI=1S/C19H18N2O2S/c20-12-14-6-8-16(9-7-14)21-11-10-18(19(21)23)24-13-17(22)15-4-2-1-3-5-15/h1-9,17-18,22H,10-11,13H2/t17-,18+/m0/s1. The van der Waals surface area contributed by atoms with Crippen LogP contribution in [0.1, 0.15) is 23.7 Å². The quantitative estimate of drug-likeness (QED) is 0.910. The monoisotopic (exact) mass is 338 g/mol. The Kier molecular flexibility index (Phi) is 5.19. The van der Waals surface area contributed by atoms with E-state index in [9.17, 15) is 9.90 Å². The summed E-state index contributed by atoms with van der Waals surface area (Å²) < 4.78 is 0. The summed E-state index contributed by atoms with van der Waals surface area (Å²) in [5.41, 5.74) is 2.28. The van der Waals surface area contributed by atoms with Crippen LogP contribution in [0.3, 0.4) is 0 Å². The Balaban J connectivity index is 1.59. The minimum Gasteiger partial charge on any atom is -0.388 e. The molecule has 0 aromatic heterocycles. The molecule has 0 aliphatic carbocycles. The van der Waals surface area contributed by atoms with Gasteiger partial charge in [-0.05, 0) is 36.2 Å². The van der Waals surface area contributed by atoms with Gasteiger partial charge < -0.3 is 10.0 Å². The lowest BCUT2D eigenvalue weighted by molar-refractivity contribution is -0.116. The van der Waals surface area contributed by atoms with Gasteiger partial charge in [0, 0.05) is 18.0 Å². The second kappa shape index (κ2) is 7.52. The number of anilines is 1. The number of carbonyl (C=O) groups is 1.